The first-order valence-electron chi connectivity index (χ1n) is 12.3. The molecule has 2 aliphatic carbocycles. The molecule has 190 valence electrons. The lowest BCUT2D eigenvalue weighted by atomic mass is 9.94. The first-order valence-corrected chi connectivity index (χ1v) is 13.7. The number of hydrogen-bond acceptors (Lipinski definition) is 4. The molecule has 1 amide bonds. The number of halogens is 3. The van der Waals surface area contributed by atoms with Crippen molar-refractivity contribution in [1.82, 2.24) is 9.21 Å². The lowest BCUT2D eigenvalue weighted by Crippen LogP contribution is -2.54. The number of nitrogens with zero attached hydrogens (tertiary/aromatic N) is 2. The van der Waals surface area contributed by atoms with Crippen LogP contribution in [0.1, 0.15) is 63.9 Å². The van der Waals surface area contributed by atoms with Gasteiger partial charge in [0.1, 0.15) is 0 Å². The van der Waals surface area contributed by atoms with E-state index in [1.165, 1.54) is 4.31 Å². The van der Waals surface area contributed by atoms with E-state index in [0.29, 0.717) is 13.0 Å². The quantitative estimate of drug-likeness (QED) is 0.612. The first kappa shape index (κ1) is 25.4. The summed E-state index contributed by atoms with van der Waals surface area (Å²) >= 11 is 0. The summed E-state index contributed by atoms with van der Waals surface area (Å²) in [6, 6.07) is 3.24. The number of fused-ring (bicyclic) bond motifs is 1. The van der Waals surface area contributed by atoms with Crippen LogP contribution in [0.5, 0.6) is 0 Å². The molecule has 3 fully saturated rings. The molecule has 0 aromatic heterocycles. The normalized spacial score (nSPS) is 27.1. The topological polar surface area (TPSA) is 83.7 Å². The molecule has 6 nitrogen and oxygen atoms in total. The van der Waals surface area contributed by atoms with Crippen molar-refractivity contribution in [2.24, 2.45) is 17.6 Å². The monoisotopic (exact) mass is 501 g/mol. The maximum Gasteiger partial charge on any atom is 0.416 e. The lowest BCUT2D eigenvalue weighted by molar-refractivity contribution is -0.139. The van der Waals surface area contributed by atoms with Crippen molar-refractivity contribution in [3.63, 3.8) is 0 Å². The van der Waals surface area contributed by atoms with E-state index in [1.807, 2.05) is 11.8 Å². The summed E-state index contributed by atoms with van der Waals surface area (Å²) < 4.78 is 66.5. The molecule has 1 saturated heterocycles. The molecule has 1 aromatic rings. The van der Waals surface area contributed by atoms with Gasteiger partial charge >= 0.3 is 6.18 Å². The Morgan fingerprint density at radius 3 is 2.35 bits per heavy atom. The molecule has 4 rings (SSSR count). The molecule has 34 heavy (non-hydrogen) atoms. The van der Waals surface area contributed by atoms with Crippen LogP contribution < -0.4 is 5.73 Å². The van der Waals surface area contributed by atoms with Crippen LogP contribution in [0.15, 0.2) is 29.2 Å². The van der Waals surface area contributed by atoms with Gasteiger partial charge in [0.05, 0.1) is 16.5 Å². The highest BCUT2D eigenvalue weighted by Crippen LogP contribution is 2.44. The summed E-state index contributed by atoms with van der Waals surface area (Å²) in [5.41, 5.74) is 5.36. The van der Waals surface area contributed by atoms with Gasteiger partial charge in [0, 0.05) is 25.2 Å². The number of carbonyl (C=O) groups is 1. The summed E-state index contributed by atoms with van der Waals surface area (Å²) in [7, 11) is -3.92. The van der Waals surface area contributed by atoms with Crippen molar-refractivity contribution in [2.45, 2.75) is 87.5 Å². The average Bonchev–Trinajstić information content (AvgIpc) is 3.52. The highest BCUT2D eigenvalue weighted by Gasteiger charge is 2.50. The number of rotatable bonds is 7. The van der Waals surface area contributed by atoms with Gasteiger partial charge in [0.25, 0.3) is 0 Å². The molecule has 10 heteroatoms. The van der Waals surface area contributed by atoms with Crippen LogP contribution in [-0.4, -0.2) is 54.7 Å². The highest BCUT2D eigenvalue weighted by molar-refractivity contribution is 7.89. The molecule has 1 heterocycles. The Balaban J connectivity index is 1.53. The van der Waals surface area contributed by atoms with Gasteiger partial charge in [-0.3, -0.25) is 4.79 Å². The Labute approximate surface area is 199 Å². The summed E-state index contributed by atoms with van der Waals surface area (Å²) in [6.07, 6.45) is 2.64. The van der Waals surface area contributed by atoms with Gasteiger partial charge in [-0.05, 0) is 68.2 Å². The minimum atomic E-state index is -4.52. The summed E-state index contributed by atoms with van der Waals surface area (Å²) in [5.74, 6) is 0.124. The molecule has 0 unspecified atom stereocenters. The van der Waals surface area contributed by atoms with E-state index in [2.05, 4.69) is 0 Å². The van der Waals surface area contributed by atoms with E-state index in [1.54, 1.807) is 0 Å². The average molecular weight is 502 g/mol. The van der Waals surface area contributed by atoms with Crippen LogP contribution >= 0.6 is 0 Å². The number of alkyl halides is 3. The first-order chi connectivity index (χ1) is 16.0. The zero-order chi connectivity index (χ0) is 24.7. The lowest BCUT2D eigenvalue weighted by Gasteiger charge is -2.39. The number of carbonyl (C=O) groups excluding carboxylic acids is 1. The molecule has 1 aromatic carbocycles. The highest BCUT2D eigenvalue weighted by atomic mass is 32.2. The summed E-state index contributed by atoms with van der Waals surface area (Å²) in [6.45, 7) is 2.61. The van der Waals surface area contributed by atoms with Crippen LogP contribution in [-0.2, 0) is 21.0 Å². The molecular weight excluding hydrogens is 467 g/mol. The van der Waals surface area contributed by atoms with Gasteiger partial charge in [-0.15, -0.1) is 0 Å². The third-order valence-corrected chi connectivity index (χ3v) is 9.70. The maximum absolute atomic E-state index is 13.4. The van der Waals surface area contributed by atoms with E-state index in [0.717, 1.165) is 69.2 Å². The molecule has 0 spiro atoms. The van der Waals surface area contributed by atoms with Crippen LogP contribution in [0.2, 0.25) is 0 Å². The van der Waals surface area contributed by atoms with Gasteiger partial charge in [0.15, 0.2) is 0 Å². The fraction of sp³-hybridized carbons (Fsp3) is 0.708. The fourth-order valence-corrected chi connectivity index (χ4v) is 7.66. The molecule has 4 atom stereocenters. The van der Waals surface area contributed by atoms with Crippen molar-refractivity contribution >= 4 is 15.9 Å². The Morgan fingerprint density at radius 1 is 1.12 bits per heavy atom. The van der Waals surface area contributed by atoms with Crippen LogP contribution in [0.4, 0.5) is 13.2 Å². The van der Waals surface area contributed by atoms with Gasteiger partial charge in [-0.25, -0.2) is 8.42 Å². The molecule has 2 saturated carbocycles. The number of benzene rings is 1. The number of sulfonamides is 1. The number of amides is 1. The minimum Gasteiger partial charge on any atom is -0.335 e. The Hall–Kier alpha value is -1.65. The molecule has 2 N–H and O–H groups in total. The fourth-order valence-electron chi connectivity index (χ4n) is 6.12. The SMILES string of the molecule is CCC[C@H](N)C(=O)N(C1CCCC1)[C@H]1CC[C@@H]2CN(S(=O)(=O)c3ccc(C(F)(F)F)cc3)C[C@@H]21. The standard InChI is InChI=1S/C24H34F3N3O3S/c1-2-5-21(28)23(31)30(18-6-3-4-7-18)22-13-8-16-14-29(15-20(16)22)34(32,33)19-11-9-17(10-12-19)24(25,26)27/h9-12,16,18,20-22H,2-8,13-15,28H2,1H3/t16-,20+,21+,22+/m1/s1. The van der Waals surface area contributed by atoms with Crippen molar-refractivity contribution in [1.29, 1.82) is 0 Å². The molecule has 0 radical (unpaired) electrons. The second-order valence-corrected chi connectivity index (χ2v) is 11.9. The third-order valence-electron chi connectivity index (χ3n) is 7.85. The summed E-state index contributed by atoms with van der Waals surface area (Å²) in [5, 5.41) is 0. The Bertz CT molecular complexity index is 977. The van der Waals surface area contributed by atoms with Crippen LogP contribution in [0.25, 0.3) is 0 Å². The van der Waals surface area contributed by atoms with Crippen molar-refractivity contribution in [3.8, 4) is 0 Å². The third kappa shape index (κ3) is 4.86. The number of nitrogens with two attached hydrogens (primary N) is 1. The maximum atomic E-state index is 13.4. The van der Waals surface area contributed by atoms with Gasteiger partial charge in [-0.2, -0.15) is 17.5 Å². The van der Waals surface area contributed by atoms with E-state index >= 15 is 0 Å². The van der Waals surface area contributed by atoms with E-state index in [-0.39, 0.29) is 41.3 Å². The smallest absolute Gasteiger partial charge is 0.335 e. The van der Waals surface area contributed by atoms with E-state index < -0.39 is 27.8 Å². The Morgan fingerprint density at radius 2 is 1.76 bits per heavy atom. The van der Waals surface area contributed by atoms with E-state index in [4.69, 9.17) is 5.73 Å². The molecule has 3 aliphatic rings. The predicted molar refractivity (Wildman–Crippen MR) is 122 cm³/mol. The Kier molecular flexibility index (Phi) is 7.32. The number of hydrogen-bond donors (Lipinski definition) is 1. The minimum absolute atomic E-state index is 0.0163. The van der Waals surface area contributed by atoms with Gasteiger partial charge in [-0.1, -0.05) is 26.2 Å². The van der Waals surface area contributed by atoms with Gasteiger partial charge < -0.3 is 10.6 Å². The second kappa shape index (κ2) is 9.78. The predicted octanol–water partition coefficient (Wildman–Crippen LogP) is 4.00. The zero-order valence-electron chi connectivity index (χ0n) is 19.5. The van der Waals surface area contributed by atoms with E-state index in [9.17, 15) is 26.4 Å². The van der Waals surface area contributed by atoms with Crippen molar-refractivity contribution < 1.29 is 26.4 Å². The van der Waals surface area contributed by atoms with Crippen LogP contribution in [0, 0.1) is 11.8 Å². The largest absolute Gasteiger partial charge is 0.416 e. The van der Waals surface area contributed by atoms with Crippen molar-refractivity contribution in [3.05, 3.63) is 29.8 Å². The summed E-state index contributed by atoms with van der Waals surface area (Å²) in [4.78, 5) is 15.3. The second-order valence-electron chi connectivity index (χ2n) is 9.99. The zero-order valence-corrected chi connectivity index (χ0v) is 20.3. The van der Waals surface area contributed by atoms with Crippen LogP contribution in [0.3, 0.4) is 0 Å². The van der Waals surface area contributed by atoms with Crippen molar-refractivity contribution in [2.75, 3.05) is 13.1 Å². The molecular formula is C24H34F3N3O3S. The van der Waals surface area contributed by atoms with Gasteiger partial charge in [0.2, 0.25) is 15.9 Å². The molecule has 1 aliphatic heterocycles. The molecule has 0 bridgehead atoms.